The van der Waals surface area contributed by atoms with Gasteiger partial charge in [0.05, 0.1) is 0 Å². The molecule has 0 unspecified atom stereocenters. The van der Waals surface area contributed by atoms with Crippen molar-refractivity contribution in [2.24, 2.45) is 0 Å². The normalized spacial score (nSPS) is 6.24. The summed E-state index contributed by atoms with van der Waals surface area (Å²) in [4.78, 5) is 42.5. The predicted octanol–water partition coefficient (Wildman–Crippen LogP) is -4.88. The molecule has 0 radical (unpaired) electrons. The number of carboxylic acid groups (broad SMARTS) is 2. The van der Waals surface area contributed by atoms with Crippen LogP contribution in [0.5, 0.6) is 0 Å². The first-order chi connectivity index (χ1) is 6.36. The molecule has 0 aromatic rings. The average Bonchev–Trinajstić information content (AvgIpc) is 2.15. The molecule has 0 spiro atoms. The Bertz CT molecular complexity index is 229. The Morgan fingerprint density at radius 1 is 0.765 bits per heavy atom. The Morgan fingerprint density at radius 3 is 0.941 bits per heavy atom. The van der Waals surface area contributed by atoms with Crippen LogP contribution >= 0.6 is 0 Å². The second-order valence-electron chi connectivity index (χ2n) is 1.33. The molecule has 0 amide bonds. The molecule has 0 saturated carbocycles. The minimum atomic E-state index is -2.07. The zero-order chi connectivity index (χ0) is 11.7. The molecule has 0 aromatic heterocycles. The maximum atomic E-state index is 9.38. The van der Waals surface area contributed by atoms with E-state index in [-0.39, 0.29) is 88.9 Å². The van der Waals surface area contributed by atoms with Gasteiger partial charge < -0.3 is 19.8 Å². The van der Waals surface area contributed by atoms with Crippen molar-refractivity contribution >= 4 is 69.4 Å². The van der Waals surface area contributed by atoms with Crippen LogP contribution in [-0.2, 0) is 72.4 Å². The van der Waals surface area contributed by atoms with Gasteiger partial charge in [-0.1, -0.05) is 0 Å². The van der Waals surface area contributed by atoms with E-state index in [4.69, 9.17) is 10.5 Å². The van der Waals surface area contributed by atoms with Crippen molar-refractivity contribution in [3.05, 3.63) is 0 Å². The molecule has 13 heteroatoms. The van der Waals surface area contributed by atoms with Gasteiger partial charge in [-0.3, -0.25) is 9.78 Å². The molecule has 17 heavy (non-hydrogen) atoms. The van der Waals surface area contributed by atoms with Crippen molar-refractivity contribution in [1.29, 1.82) is 0 Å². The summed E-state index contributed by atoms with van der Waals surface area (Å²) in [7, 11) is 0. The first kappa shape index (κ1) is 30.6. The minimum absolute atomic E-state index is 0. The first-order valence-electron chi connectivity index (χ1n) is 2.50. The second-order valence-corrected chi connectivity index (χ2v) is 1.33. The number of hydrogen-bond acceptors (Lipinski definition) is 10. The van der Waals surface area contributed by atoms with Gasteiger partial charge in [-0.2, -0.15) is 10.5 Å². The van der Waals surface area contributed by atoms with Crippen LogP contribution in [0.25, 0.3) is 0 Å². The predicted molar refractivity (Wildman–Crippen MR) is 33.2 cm³/mol. The van der Waals surface area contributed by atoms with E-state index in [0.29, 0.717) is 0 Å². The fourth-order valence-corrected chi connectivity index (χ4v) is 0.0745. The Hall–Kier alpha value is 0.709. The molecule has 0 aliphatic carbocycles. The summed E-state index contributed by atoms with van der Waals surface area (Å²) in [6, 6.07) is 0. The summed E-state index contributed by atoms with van der Waals surface area (Å²) in [5, 5.41) is 32.8. The van der Waals surface area contributed by atoms with Crippen molar-refractivity contribution in [1.82, 2.24) is 0 Å². The zero-order valence-corrected chi connectivity index (χ0v) is 14.5. The van der Waals surface area contributed by atoms with Gasteiger partial charge in [-0.15, -0.1) is 0 Å². The number of hydrogen-bond donors (Lipinski definition) is 2. The van der Waals surface area contributed by atoms with Crippen LogP contribution < -0.4 is 10.2 Å². The molecule has 2 N–H and O–H groups in total. The molecule has 88 valence electrons. The standard InChI is InChI=1S/2C2H2O5.Sr.2Ti/c2*3-1(4)2(5)7-6;;;/h2*6H,(H,3,4);;;/q;;+2;;/p-2. The fourth-order valence-electron chi connectivity index (χ4n) is 0.0745. The number of rotatable bonds is 0. The van der Waals surface area contributed by atoms with Crippen molar-refractivity contribution in [2.45, 2.75) is 0 Å². The van der Waals surface area contributed by atoms with E-state index in [9.17, 15) is 29.4 Å². The molecule has 0 atom stereocenters. The van der Waals surface area contributed by atoms with Gasteiger partial charge in [0.25, 0.3) is 0 Å². The molecular formula is C4H2O10SrTi2. The summed E-state index contributed by atoms with van der Waals surface area (Å²) in [6.45, 7) is 0. The van der Waals surface area contributed by atoms with E-state index >= 15 is 0 Å². The summed E-state index contributed by atoms with van der Waals surface area (Å²) in [5.41, 5.74) is 0. The van der Waals surface area contributed by atoms with Crippen LogP contribution in [0, 0.1) is 0 Å². The average molecular weight is 393 g/mol. The number of carboxylic acids is 2. The molecule has 0 bridgehead atoms. The van der Waals surface area contributed by atoms with Crippen LogP contribution in [0.3, 0.4) is 0 Å². The van der Waals surface area contributed by atoms with E-state index in [0.717, 1.165) is 0 Å². The Kier molecular flexibility index (Phi) is 34.3. The maximum Gasteiger partial charge on any atom is 2.00 e. The molecule has 0 aliphatic heterocycles. The quantitative estimate of drug-likeness (QED) is 0.176. The zero-order valence-electron chi connectivity index (χ0n) is 7.87. The minimum Gasteiger partial charge on any atom is -0.539 e. The van der Waals surface area contributed by atoms with E-state index in [1.807, 2.05) is 0 Å². The van der Waals surface area contributed by atoms with Gasteiger partial charge in [0.15, 0.2) is 11.9 Å². The summed E-state index contributed by atoms with van der Waals surface area (Å²) >= 11 is 0. The molecular weight excluding hydrogens is 391 g/mol. The van der Waals surface area contributed by atoms with Crippen LogP contribution in [0.4, 0.5) is 0 Å². The molecule has 0 aromatic carbocycles. The molecule has 0 rings (SSSR count). The Labute approximate surface area is 160 Å². The monoisotopic (exact) mass is 394 g/mol. The fraction of sp³-hybridized carbons (Fsp3) is 0. The SMILES string of the molecule is O=C([O-])C(=O)OO.O=C([O-])C(=O)OO.[Sr+2].[Ti].[Ti]. The molecule has 0 heterocycles. The summed E-state index contributed by atoms with van der Waals surface area (Å²) in [6.07, 6.45) is 0. The Morgan fingerprint density at radius 2 is 0.941 bits per heavy atom. The smallest absolute Gasteiger partial charge is 0.539 e. The number of aliphatic carboxylic acids is 2. The van der Waals surface area contributed by atoms with Gasteiger partial charge >= 0.3 is 57.4 Å². The third-order valence-corrected chi connectivity index (χ3v) is 0.499. The van der Waals surface area contributed by atoms with Crippen molar-refractivity contribution < 1.29 is 93.1 Å². The van der Waals surface area contributed by atoms with E-state index < -0.39 is 23.9 Å². The third kappa shape index (κ3) is 22.4. The van der Waals surface area contributed by atoms with Crippen LogP contribution in [0.2, 0.25) is 0 Å². The van der Waals surface area contributed by atoms with Crippen molar-refractivity contribution in [3.63, 3.8) is 0 Å². The van der Waals surface area contributed by atoms with E-state index in [1.165, 1.54) is 0 Å². The summed E-state index contributed by atoms with van der Waals surface area (Å²) < 4.78 is 0. The van der Waals surface area contributed by atoms with Gasteiger partial charge in [-0.25, -0.2) is 9.59 Å². The van der Waals surface area contributed by atoms with Crippen LogP contribution in [0.15, 0.2) is 0 Å². The van der Waals surface area contributed by atoms with E-state index in [2.05, 4.69) is 9.78 Å². The van der Waals surface area contributed by atoms with Crippen LogP contribution in [-0.4, -0.2) is 79.9 Å². The molecule has 0 aliphatic rings. The number of carbonyl (C=O) groups is 4. The maximum absolute atomic E-state index is 9.38. The van der Waals surface area contributed by atoms with Crippen LogP contribution in [0.1, 0.15) is 0 Å². The van der Waals surface area contributed by atoms with Gasteiger partial charge in [0.1, 0.15) is 0 Å². The van der Waals surface area contributed by atoms with Crippen molar-refractivity contribution in [2.75, 3.05) is 0 Å². The number of carbonyl (C=O) groups excluding carboxylic acids is 4. The second kappa shape index (κ2) is 19.1. The van der Waals surface area contributed by atoms with Gasteiger partial charge in [0.2, 0.25) is 0 Å². The van der Waals surface area contributed by atoms with E-state index in [1.54, 1.807) is 0 Å². The molecule has 0 fully saturated rings. The summed E-state index contributed by atoms with van der Waals surface area (Å²) in [5.74, 6) is -7.72. The van der Waals surface area contributed by atoms with Gasteiger partial charge in [0, 0.05) is 43.4 Å². The van der Waals surface area contributed by atoms with Crippen molar-refractivity contribution in [3.8, 4) is 0 Å². The topological polar surface area (TPSA) is 173 Å². The third-order valence-electron chi connectivity index (χ3n) is 0.499. The first-order valence-corrected chi connectivity index (χ1v) is 2.50. The Balaban J connectivity index is -0.0000000480. The molecule has 10 nitrogen and oxygen atoms in total. The van der Waals surface area contributed by atoms with Gasteiger partial charge in [-0.05, 0) is 0 Å². The molecule has 0 saturated heterocycles. The largest absolute Gasteiger partial charge is 2.00 e.